The molecule has 4 aromatic carbocycles. The summed E-state index contributed by atoms with van der Waals surface area (Å²) in [4.78, 5) is 4.97. The van der Waals surface area contributed by atoms with Crippen LogP contribution in [0.2, 0.25) is 0 Å². The third-order valence-electron chi connectivity index (χ3n) is 7.68. The molecule has 0 aliphatic carbocycles. The average molecular weight is 488 g/mol. The van der Waals surface area contributed by atoms with Crippen molar-refractivity contribution in [2.24, 2.45) is 11.8 Å². The summed E-state index contributed by atoms with van der Waals surface area (Å²) in [6, 6.07) is 20.5. The van der Waals surface area contributed by atoms with Crippen molar-refractivity contribution in [3.63, 3.8) is 0 Å². The minimum absolute atomic E-state index is 0.0908. The van der Waals surface area contributed by atoms with Crippen molar-refractivity contribution in [1.82, 2.24) is 4.98 Å². The molecule has 0 unspecified atom stereocenters. The quantitative estimate of drug-likeness (QED) is 0.231. The summed E-state index contributed by atoms with van der Waals surface area (Å²) in [5.41, 5.74) is 6.28. The van der Waals surface area contributed by atoms with Crippen LogP contribution in [0.15, 0.2) is 60.8 Å². The summed E-state index contributed by atoms with van der Waals surface area (Å²) >= 11 is 0. The second-order valence-electron chi connectivity index (χ2n) is 12.7. The van der Waals surface area contributed by atoms with Crippen LogP contribution in [0.4, 0.5) is 0 Å². The second-order valence-corrected chi connectivity index (χ2v) is 12.7. The van der Waals surface area contributed by atoms with Gasteiger partial charge in [0.2, 0.25) is 0 Å². The van der Waals surface area contributed by atoms with Crippen LogP contribution in [-0.4, -0.2) is 4.98 Å². The Balaban J connectivity index is 1.66. The van der Waals surface area contributed by atoms with Gasteiger partial charge in [0.1, 0.15) is 11.5 Å². The van der Waals surface area contributed by atoms with Crippen LogP contribution in [0.5, 0.6) is 11.5 Å². The first-order chi connectivity index (χ1) is 17.6. The van der Waals surface area contributed by atoms with E-state index in [0.29, 0.717) is 11.8 Å². The number of nitrogens with zero attached hydrogens (tertiary/aromatic N) is 1. The number of pyridine rings is 1. The molecule has 1 aliphatic heterocycles. The van der Waals surface area contributed by atoms with E-state index >= 15 is 0 Å². The van der Waals surface area contributed by atoms with E-state index in [4.69, 9.17) is 9.72 Å². The Kier molecular flexibility index (Phi) is 5.56. The first-order valence-corrected chi connectivity index (χ1v) is 13.7. The Morgan fingerprint density at radius 3 is 2.27 bits per heavy atom. The van der Waals surface area contributed by atoms with Gasteiger partial charge >= 0.3 is 0 Å². The lowest BCUT2D eigenvalue weighted by Crippen LogP contribution is -2.10. The molecule has 2 heteroatoms. The number of aromatic nitrogens is 1. The van der Waals surface area contributed by atoms with Crippen LogP contribution in [0, 0.1) is 11.8 Å². The highest BCUT2D eigenvalue weighted by Gasteiger charge is 2.27. The van der Waals surface area contributed by atoms with Crippen molar-refractivity contribution in [3.8, 4) is 22.8 Å². The van der Waals surface area contributed by atoms with E-state index in [2.05, 4.69) is 103 Å². The van der Waals surface area contributed by atoms with E-state index in [1.54, 1.807) is 0 Å². The normalized spacial score (nSPS) is 13.1. The maximum absolute atomic E-state index is 6.85. The molecule has 0 N–H and O–H groups in total. The number of benzene rings is 4. The highest BCUT2D eigenvalue weighted by atomic mass is 16.5. The van der Waals surface area contributed by atoms with Gasteiger partial charge in [0.05, 0.1) is 11.1 Å². The van der Waals surface area contributed by atoms with Gasteiger partial charge in [-0.25, -0.2) is 0 Å². The summed E-state index contributed by atoms with van der Waals surface area (Å²) in [6.07, 6.45) is 4.03. The Morgan fingerprint density at radius 1 is 0.757 bits per heavy atom. The number of ether oxygens (including phenoxy) is 1. The zero-order valence-electron chi connectivity index (χ0n) is 23.2. The Morgan fingerprint density at radius 2 is 1.54 bits per heavy atom. The molecule has 0 saturated heterocycles. The van der Waals surface area contributed by atoms with Gasteiger partial charge in [-0.3, -0.25) is 4.98 Å². The first kappa shape index (κ1) is 24.0. The third-order valence-corrected chi connectivity index (χ3v) is 7.68. The smallest absolute Gasteiger partial charge is 0.140 e. The predicted molar refractivity (Wildman–Crippen MR) is 158 cm³/mol. The fourth-order valence-electron chi connectivity index (χ4n) is 5.94. The number of hydrogen-bond acceptors (Lipinski definition) is 2. The minimum Gasteiger partial charge on any atom is -0.456 e. The Bertz CT molecular complexity index is 1680. The molecule has 0 radical (unpaired) electrons. The van der Waals surface area contributed by atoms with Crippen LogP contribution < -0.4 is 4.74 Å². The average Bonchev–Trinajstić information content (AvgIpc) is 2.83. The Hall–Kier alpha value is -3.39. The zero-order valence-corrected chi connectivity index (χ0v) is 23.2. The van der Waals surface area contributed by atoms with E-state index in [0.717, 1.165) is 41.0 Å². The van der Waals surface area contributed by atoms with Crippen molar-refractivity contribution < 1.29 is 4.74 Å². The maximum Gasteiger partial charge on any atom is 0.140 e. The molecule has 5 aromatic rings. The lowest BCUT2D eigenvalue weighted by atomic mass is 9.84. The fourth-order valence-corrected chi connectivity index (χ4v) is 5.94. The SMILES string of the molecule is CC(C)Cc1ccc2c(CC(C)C)c3c(cc2c1)-c1nccc2c1c(cc1ccc(C(C)(C)C)cc12)O3. The molecule has 2 nitrogen and oxygen atoms in total. The van der Waals surface area contributed by atoms with Gasteiger partial charge in [-0.2, -0.15) is 0 Å². The van der Waals surface area contributed by atoms with E-state index in [-0.39, 0.29) is 5.41 Å². The number of hydrogen-bond donors (Lipinski definition) is 0. The summed E-state index contributed by atoms with van der Waals surface area (Å²) in [5, 5.41) is 7.40. The fraction of sp³-hybridized carbons (Fsp3) is 0.343. The molecular weight excluding hydrogens is 450 g/mol. The van der Waals surface area contributed by atoms with E-state index in [1.165, 1.54) is 43.6 Å². The molecule has 1 aliphatic rings. The molecule has 188 valence electrons. The van der Waals surface area contributed by atoms with E-state index < -0.39 is 0 Å². The molecule has 1 aromatic heterocycles. The van der Waals surface area contributed by atoms with Crippen LogP contribution in [0.25, 0.3) is 43.6 Å². The van der Waals surface area contributed by atoms with Crippen molar-refractivity contribution in [2.45, 2.75) is 66.7 Å². The van der Waals surface area contributed by atoms with E-state index in [9.17, 15) is 0 Å². The number of rotatable bonds is 4. The third kappa shape index (κ3) is 4.07. The van der Waals surface area contributed by atoms with Crippen molar-refractivity contribution in [1.29, 1.82) is 0 Å². The first-order valence-electron chi connectivity index (χ1n) is 13.7. The molecule has 0 spiro atoms. The van der Waals surface area contributed by atoms with Crippen LogP contribution in [0.3, 0.4) is 0 Å². The van der Waals surface area contributed by atoms with Crippen LogP contribution >= 0.6 is 0 Å². The molecule has 2 heterocycles. The van der Waals surface area contributed by atoms with Crippen LogP contribution in [-0.2, 0) is 18.3 Å². The molecular formula is C35H37NO. The lowest BCUT2D eigenvalue weighted by molar-refractivity contribution is 0.476. The minimum atomic E-state index is 0.0908. The predicted octanol–water partition coefficient (Wildman–Crippen LogP) is 10.0. The molecule has 37 heavy (non-hydrogen) atoms. The van der Waals surface area contributed by atoms with Gasteiger partial charge in [-0.05, 0) is 92.4 Å². The monoisotopic (exact) mass is 487 g/mol. The molecule has 6 rings (SSSR count). The van der Waals surface area contributed by atoms with Crippen molar-refractivity contribution >= 4 is 32.3 Å². The summed E-state index contributed by atoms with van der Waals surface area (Å²) < 4.78 is 6.85. The van der Waals surface area contributed by atoms with Gasteiger partial charge in [-0.15, -0.1) is 0 Å². The highest BCUT2D eigenvalue weighted by Crippen LogP contribution is 2.51. The Labute approximate surface area is 220 Å². The molecule has 0 bridgehead atoms. The lowest BCUT2D eigenvalue weighted by Gasteiger charge is -2.26. The summed E-state index contributed by atoms with van der Waals surface area (Å²) in [7, 11) is 0. The van der Waals surface area contributed by atoms with Crippen molar-refractivity contribution in [2.75, 3.05) is 0 Å². The van der Waals surface area contributed by atoms with E-state index in [1.807, 2.05) is 6.20 Å². The largest absolute Gasteiger partial charge is 0.456 e. The van der Waals surface area contributed by atoms with Gasteiger partial charge in [0.15, 0.2) is 0 Å². The molecule has 0 atom stereocenters. The van der Waals surface area contributed by atoms with Gasteiger partial charge in [0.25, 0.3) is 0 Å². The molecule has 0 fully saturated rings. The zero-order chi connectivity index (χ0) is 26.1. The summed E-state index contributed by atoms with van der Waals surface area (Å²) in [6.45, 7) is 16.0. The van der Waals surface area contributed by atoms with Gasteiger partial charge in [-0.1, -0.05) is 78.8 Å². The second kappa shape index (κ2) is 8.58. The highest BCUT2D eigenvalue weighted by molar-refractivity contribution is 6.16. The molecule has 0 saturated carbocycles. The number of fused-ring (bicyclic) bond motifs is 5. The van der Waals surface area contributed by atoms with Gasteiger partial charge in [0, 0.05) is 17.3 Å². The van der Waals surface area contributed by atoms with Crippen molar-refractivity contribution in [3.05, 3.63) is 77.5 Å². The topological polar surface area (TPSA) is 22.1 Å². The maximum atomic E-state index is 6.85. The van der Waals surface area contributed by atoms with Crippen LogP contribution in [0.1, 0.15) is 65.2 Å². The molecule has 0 amide bonds. The van der Waals surface area contributed by atoms with Gasteiger partial charge < -0.3 is 4.74 Å². The standard InChI is InChI=1S/C35H37NO/c1-20(2)14-22-8-11-26-24(16-22)17-30-33-32-27(12-13-36-33)28-19-25(35(5,6)7)10-9-23(28)18-31(32)37-34(30)29(26)15-21(3)4/h8-13,16-21H,14-15H2,1-7H3. The summed E-state index contributed by atoms with van der Waals surface area (Å²) in [5.74, 6) is 3.05.